The number of benzene rings is 2. The van der Waals surface area contributed by atoms with Gasteiger partial charge in [-0.3, -0.25) is 0 Å². The van der Waals surface area contributed by atoms with Crippen molar-refractivity contribution in [2.24, 2.45) is 0 Å². The van der Waals surface area contributed by atoms with Gasteiger partial charge in [0.25, 0.3) is 0 Å². The van der Waals surface area contributed by atoms with Gasteiger partial charge < -0.3 is 14.7 Å². The van der Waals surface area contributed by atoms with Crippen LogP contribution in [0.4, 0.5) is 5.69 Å². The van der Waals surface area contributed by atoms with E-state index in [9.17, 15) is 5.11 Å². The highest BCUT2D eigenvalue weighted by molar-refractivity contribution is 5.54. The third-order valence-electron chi connectivity index (χ3n) is 4.16. The summed E-state index contributed by atoms with van der Waals surface area (Å²) in [7, 11) is 3.78. The summed E-state index contributed by atoms with van der Waals surface area (Å²) in [5, 5.41) is 9.93. The van der Waals surface area contributed by atoms with Crippen molar-refractivity contribution in [3.05, 3.63) is 53.6 Å². The van der Waals surface area contributed by atoms with Crippen LogP contribution < -0.4 is 9.64 Å². The fraction of sp³-hybridized carbons (Fsp3) is 0.294. The van der Waals surface area contributed by atoms with Gasteiger partial charge in [-0.1, -0.05) is 12.1 Å². The zero-order valence-electron chi connectivity index (χ0n) is 11.8. The molecule has 0 saturated carbocycles. The molecule has 0 heterocycles. The summed E-state index contributed by atoms with van der Waals surface area (Å²) in [6, 6.07) is 14.2. The Morgan fingerprint density at radius 2 is 1.90 bits per heavy atom. The van der Waals surface area contributed by atoms with Crippen molar-refractivity contribution >= 4 is 5.69 Å². The lowest BCUT2D eigenvalue weighted by Crippen LogP contribution is -2.22. The number of anilines is 1. The standard InChI is InChI=1S/C17H19NO2/c1-18(12-6-8-13(20-2)9-7-12)16-11-10-15-14(16)4-3-5-17(15)19/h3-9,16,19H,10-11H2,1-2H3. The number of methoxy groups -OCH3 is 1. The topological polar surface area (TPSA) is 32.7 Å². The average molecular weight is 269 g/mol. The Bertz CT molecular complexity index is 607. The number of nitrogens with zero attached hydrogens (tertiary/aromatic N) is 1. The molecule has 2 aromatic carbocycles. The monoisotopic (exact) mass is 269 g/mol. The smallest absolute Gasteiger partial charge is 0.119 e. The van der Waals surface area contributed by atoms with Crippen molar-refractivity contribution in [2.45, 2.75) is 18.9 Å². The van der Waals surface area contributed by atoms with Crippen LogP contribution in [0.2, 0.25) is 0 Å². The van der Waals surface area contributed by atoms with Crippen LogP contribution in [0.3, 0.4) is 0 Å². The molecule has 0 bridgehead atoms. The molecule has 3 nitrogen and oxygen atoms in total. The number of hydrogen-bond acceptors (Lipinski definition) is 3. The summed E-state index contributed by atoms with van der Waals surface area (Å²) in [5.41, 5.74) is 3.49. The molecule has 20 heavy (non-hydrogen) atoms. The van der Waals surface area contributed by atoms with Crippen molar-refractivity contribution in [3.8, 4) is 11.5 Å². The van der Waals surface area contributed by atoms with Crippen molar-refractivity contribution < 1.29 is 9.84 Å². The van der Waals surface area contributed by atoms with E-state index in [0.29, 0.717) is 11.8 Å². The van der Waals surface area contributed by atoms with Gasteiger partial charge in [-0.2, -0.15) is 0 Å². The van der Waals surface area contributed by atoms with Gasteiger partial charge in [0, 0.05) is 12.7 Å². The highest BCUT2D eigenvalue weighted by Gasteiger charge is 2.27. The summed E-state index contributed by atoms with van der Waals surface area (Å²) in [6.07, 6.45) is 1.97. The van der Waals surface area contributed by atoms with Gasteiger partial charge in [0.15, 0.2) is 0 Å². The molecule has 1 N–H and O–H groups in total. The molecule has 0 aromatic heterocycles. The molecule has 0 aliphatic heterocycles. The maximum atomic E-state index is 9.93. The predicted octanol–water partition coefficient (Wildman–Crippen LogP) is 3.52. The molecule has 104 valence electrons. The fourth-order valence-electron chi connectivity index (χ4n) is 3.01. The van der Waals surface area contributed by atoms with Gasteiger partial charge in [-0.25, -0.2) is 0 Å². The van der Waals surface area contributed by atoms with E-state index in [0.717, 1.165) is 29.8 Å². The number of hydrogen-bond donors (Lipinski definition) is 1. The van der Waals surface area contributed by atoms with Crippen LogP contribution in [0.5, 0.6) is 11.5 Å². The molecule has 1 atom stereocenters. The number of ether oxygens (including phenoxy) is 1. The van der Waals surface area contributed by atoms with Crippen LogP contribution in [0.25, 0.3) is 0 Å². The predicted molar refractivity (Wildman–Crippen MR) is 80.6 cm³/mol. The number of phenolic OH excluding ortho intramolecular Hbond substituents is 1. The number of phenols is 1. The van der Waals surface area contributed by atoms with E-state index >= 15 is 0 Å². The van der Waals surface area contributed by atoms with E-state index in [4.69, 9.17) is 4.74 Å². The van der Waals surface area contributed by atoms with E-state index in [2.05, 4.69) is 30.1 Å². The van der Waals surface area contributed by atoms with Crippen LogP contribution in [0, 0.1) is 0 Å². The van der Waals surface area contributed by atoms with Crippen LogP contribution in [-0.4, -0.2) is 19.3 Å². The Hall–Kier alpha value is -2.16. The molecule has 1 aliphatic rings. The SMILES string of the molecule is COc1ccc(N(C)C2CCc3c(O)cccc32)cc1. The first-order chi connectivity index (χ1) is 9.70. The Kier molecular flexibility index (Phi) is 3.26. The zero-order valence-corrected chi connectivity index (χ0v) is 11.8. The number of rotatable bonds is 3. The highest BCUT2D eigenvalue weighted by atomic mass is 16.5. The Balaban J connectivity index is 1.89. The normalized spacial score (nSPS) is 16.8. The maximum Gasteiger partial charge on any atom is 0.119 e. The van der Waals surface area contributed by atoms with E-state index in [1.54, 1.807) is 13.2 Å². The van der Waals surface area contributed by atoms with E-state index in [1.807, 2.05) is 18.2 Å². The number of fused-ring (bicyclic) bond motifs is 1. The van der Waals surface area contributed by atoms with Crippen molar-refractivity contribution in [1.82, 2.24) is 0 Å². The zero-order chi connectivity index (χ0) is 14.1. The van der Waals surface area contributed by atoms with Crippen LogP contribution in [-0.2, 0) is 6.42 Å². The summed E-state index contributed by atoms with van der Waals surface area (Å²) in [6.45, 7) is 0. The summed E-state index contributed by atoms with van der Waals surface area (Å²) in [4.78, 5) is 2.27. The lowest BCUT2D eigenvalue weighted by atomic mass is 10.1. The Morgan fingerprint density at radius 3 is 2.60 bits per heavy atom. The molecular weight excluding hydrogens is 250 g/mol. The first-order valence-corrected chi connectivity index (χ1v) is 6.88. The molecule has 3 rings (SSSR count). The summed E-state index contributed by atoms with van der Waals surface area (Å²) in [5.74, 6) is 1.29. The van der Waals surface area contributed by atoms with Gasteiger partial charge >= 0.3 is 0 Å². The third-order valence-corrected chi connectivity index (χ3v) is 4.16. The molecule has 0 saturated heterocycles. The van der Waals surface area contributed by atoms with Gasteiger partial charge in [0.2, 0.25) is 0 Å². The molecule has 3 heteroatoms. The third kappa shape index (κ3) is 2.09. The van der Waals surface area contributed by atoms with Gasteiger partial charge in [0.05, 0.1) is 13.2 Å². The van der Waals surface area contributed by atoms with Gasteiger partial charge in [-0.15, -0.1) is 0 Å². The molecule has 1 unspecified atom stereocenters. The minimum absolute atomic E-state index is 0.325. The van der Waals surface area contributed by atoms with E-state index < -0.39 is 0 Å². The van der Waals surface area contributed by atoms with Crippen LogP contribution in [0.1, 0.15) is 23.6 Å². The first kappa shape index (κ1) is 12.9. The molecular formula is C17H19NO2. The molecule has 0 spiro atoms. The second-order valence-electron chi connectivity index (χ2n) is 5.21. The van der Waals surface area contributed by atoms with Gasteiger partial charge in [-0.05, 0) is 54.3 Å². The lowest BCUT2D eigenvalue weighted by molar-refractivity contribution is 0.415. The van der Waals surface area contributed by atoms with E-state index in [1.165, 1.54) is 5.56 Å². The number of aromatic hydroxyl groups is 1. The summed E-state index contributed by atoms with van der Waals surface area (Å²) < 4.78 is 5.19. The average Bonchev–Trinajstić information content (AvgIpc) is 2.92. The second-order valence-corrected chi connectivity index (χ2v) is 5.21. The van der Waals surface area contributed by atoms with Crippen molar-refractivity contribution in [3.63, 3.8) is 0 Å². The van der Waals surface area contributed by atoms with Crippen LogP contribution in [0.15, 0.2) is 42.5 Å². The first-order valence-electron chi connectivity index (χ1n) is 6.88. The largest absolute Gasteiger partial charge is 0.508 e. The molecule has 0 amide bonds. The van der Waals surface area contributed by atoms with Gasteiger partial charge in [0.1, 0.15) is 11.5 Å². The van der Waals surface area contributed by atoms with Crippen LogP contribution >= 0.6 is 0 Å². The maximum absolute atomic E-state index is 9.93. The molecule has 2 aromatic rings. The fourth-order valence-corrected chi connectivity index (χ4v) is 3.01. The van der Waals surface area contributed by atoms with Crippen molar-refractivity contribution in [2.75, 3.05) is 19.1 Å². The Morgan fingerprint density at radius 1 is 1.15 bits per heavy atom. The Labute approximate surface area is 119 Å². The molecule has 1 aliphatic carbocycles. The molecule has 0 fully saturated rings. The summed E-state index contributed by atoms with van der Waals surface area (Å²) >= 11 is 0. The lowest BCUT2D eigenvalue weighted by Gasteiger charge is -2.27. The molecule has 0 radical (unpaired) electrons. The minimum Gasteiger partial charge on any atom is -0.508 e. The van der Waals surface area contributed by atoms with E-state index in [-0.39, 0.29) is 0 Å². The second kappa shape index (κ2) is 5.08. The van der Waals surface area contributed by atoms with Crippen molar-refractivity contribution in [1.29, 1.82) is 0 Å². The minimum atomic E-state index is 0.325. The quantitative estimate of drug-likeness (QED) is 0.925. The highest BCUT2D eigenvalue weighted by Crippen LogP contribution is 2.40.